The molecule has 0 aromatic heterocycles. The molecule has 4 heteroatoms. The third-order valence-corrected chi connectivity index (χ3v) is 3.19. The fourth-order valence-electron chi connectivity index (χ4n) is 2.19. The lowest BCUT2D eigenvalue weighted by Crippen LogP contribution is -2.48. The average molecular weight is 246 g/mol. The number of hydrogen-bond donors (Lipinski definition) is 0. The van der Waals surface area contributed by atoms with Crippen molar-refractivity contribution in [2.45, 2.75) is 0 Å². The fourth-order valence-corrected chi connectivity index (χ4v) is 2.19. The first-order valence-electron chi connectivity index (χ1n) is 6.05. The van der Waals surface area contributed by atoms with Crippen molar-refractivity contribution in [2.75, 3.05) is 38.2 Å². The van der Waals surface area contributed by atoms with Gasteiger partial charge >= 0.3 is 0 Å². The number of rotatable bonds is 3. The Balaban J connectivity index is 2.05. The van der Waals surface area contributed by atoms with Crippen molar-refractivity contribution in [2.24, 2.45) is 0 Å². The molecule has 1 saturated heterocycles. The molecule has 18 heavy (non-hydrogen) atoms. The second-order valence-corrected chi connectivity index (χ2v) is 4.19. The van der Waals surface area contributed by atoms with Crippen molar-refractivity contribution in [1.82, 2.24) is 4.90 Å². The predicted molar refractivity (Wildman–Crippen MR) is 72.0 cm³/mol. The number of ether oxygens (including phenoxy) is 1. The summed E-state index contributed by atoms with van der Waals surface area (Å²) in [7, 11) is 1.68. The van der Waals surface area contributed by atoms with Crippen LogP contribution in [0.1, 0.15) is 0 Å². The summed E-state index contributed by atoms with van der Waals surface area (Å²) in [5, 5.41) is 0. The van der Waals surface area contributed by atoms with Gasteiger partial charge in [-0.15, -0.1) is 0 Å². The first-order valence-corrected chi connectivity index (χ1v) is 6.05. The molecule has 0 radical (unpaired) electrons. The van der Waals surface area contributed by atoms with E-state index in [2.05, 4.69) is 11.5 Å². The van der Waals surface area contributed by atoms with Crippen LogP contribution in [0.25, 0.3) is 0 Å². The molecule has 0 N–H and O–H groups in total. The summed E-state index contributed by atoms with van der Waals surface area (Å²) in [5.41, 5.74) is 1.09. The van der Waals surface area contributed by atoms with E-state index in [-0.39, 0.29) is 5.91 Å². The molecule has 0 aliphatic carbocycles. The Bertz CT molecular complexity index is 437. The Morgan fingerprint density at radius 1 is 1.28 bits per heavy atom. The van der Waals surface area contributed by atoms with Crippen LogP contribution in [-0.2, 0) is 4.79 Å². The number of anilines is 1. The highest BCUT2D eigenvalue weighted by molar-refractivity contribution is 5.87. The average Bonchev–Trinajstić information content (AvgIpc) is 2.46. The van der Waals surface area contributed by atoms with Crippen molar-refractivity contribution in [3.63, 3.8) is 0 Å². The summed E-state index contributed by atoms with van der Waals surface area (Å²) in [6, 6.07) is 7.96. The molecule has 1 aliphatic rings. The minimum Gasteiger partial charge on any atom is -0.495 e. The Kier molecular flexibility index (Phi) is 3.87. The normalized spacial score (nSPS) is 15.4. The Morgan fingerprint density at radius 3 is 2.56 bits per heavy atom. The Morgan fingerprint density at radius 2 is 1.94 bits per heavy atom. The van der Waals surface area contributed by atoms with Gasteiger partial charge in [0.2, 0.25) is 5.91 Å². The van der Waals surface area contributed by atoms with Crippen LogP contribution in [0.5, 0.6) is 5.75 Å². The minimum atomic E-state index is 0.00896. The highest BCUT2D eigenvalue weighted by Gasteiger charge is 2.21. The highest BCUT2D eigenvalue weighted by Crippen LogP contribution is 2.28. The van der Waals surface area contributed by atoms with E-state index in [0.717, 1.165) is 37.6 Å². The van der Waals surface area contributed by atoms with Gasteiger partial charge in [-0.25, -0.2) is 0 Å². The number of piperazine rings is 1. The standard InChI is InChI=1S/C14H18N2O2/c1-3-14(17)16-10-8-15(9-11-16)12-6-4-5-7-13(12)18-2/h3-7H,1,8-11H2,2H3. The van der Waals surface area contributed by atoms with Gasteiger partial charge in [0.25, 0.3) is 0 Å². The van der Waals surface area contributed by atoms with E-state index in [4.69, 9.17) is 4.74 Å². The van der Waals surface area contributed by atoms with Crippen LogP contribution >= 0.6 is 0 Å². The lowest BCUT2D eigenvalue weighted by molar-refractivity contribution is -0.126. The molecule has 0 atom stereocenters. The van der Waals surface area contributed by atoms with E-state index in [0.29, 0.717) is 0 Å². The highest BCUT2D eigenvalue weighted by atomic mass is 16.5. The summed E-state index contributed by atoms with van der Waals surface area (Å²) in [6.07, 6.45) is 1.37. The predicted octanol–water partition coefficient (Wildman–Crippen LogP) is 1.53. The molecule has 96 valence electrons. The number of nitrogens with zero attached hydrogens (tertiary/aromatic N) is 2. The molecule has 1 aromatic carbocycles. The van der Waals surface area contributed by atoms with Crippen LogP contribution in [-0.4, -0.2) is 44.1 Å². The monoisotopic (exact) mass is 246 g/mol. The van der Waals surface area contributed by atoms with Crippen LogP contribution in [0, 0.1) is 0 Å². The van der Waals surface area contributed by atoms with Gasteiger partial charge < -0.3 is 14.5 Å². The Hall–Kier alpha value is -1.97. The number of methoxy groups -OCH3 is 1. The molecule has 4 nitrogen and oxygen atoms in total. The Labute approximate surface area is 107 Å². The lowest BCUT2D eigenvalue weighted by atomic mass is 10.2. The first-order chi connectivity index (χ1) is 8.76. The molecule has 0 bridgehead atoms. The van der Waals surface area contributed by atoms with E-state index in [9.17, 15) is 4.79 Å². The molecule has 0 unspecified atom stereocenters. The van der Waals surface area contributed by atoms with E-state index < -0.39 is 0 Å². The van der Waals surface area contributed by atoms with Gasteiger partial charge in [-0.2, -0.15) is 0 Å². The molecule has 1 fully saturated rings. The number of hydrogen-bond acceptors (Lipinski definition) is 3. The molecule has 1 aromatic rings. The van der Waals surface area contributed by atoms with Gasteiger partial charge in [0.1, 0.15) is 5.75 Å². The van der Waals surface area contributed by atoms with Gasteiger partial charge in [0.15, 0.2) is 0 Å². The fraction of sp³-hybridized carbons (Fsp3) is 0.357. The smallest absolute Gasteiger partial charge is 0.246 e. The second kappa shape index (κ2) is 5.58. The zero-order valence-corrected chi connectivity index (χ0v) is 10.6. The van der Waals surface area contributed by atoms with E-state index >= 15 is 0 Å². The van der Waals surface area contributed by atoms with Crippen molar-refractivity contribution >= 4 is 11.6 Å². The van der Waals surface area contributed by atoms with Crippen molar-refractivity contribution in [1.29, 1.82) is 0 Å². The minimum absolute atomic E-state index is 0.00896. The largest absolute Gasteiger partial charge is 0.495 e. The molecule has 2 rings (SSSR count). The second-order valence-electron chi connectivity index (χ2n) is 4.19. The SMILES string of the molecule is C=CC(=O)N1CCN(c2ccccc2OC)CC1. The molecule has 1 heterocycles. The van der Waals surface area contributed by atoms with E-state index in [1.165, 1.54) is 6.08 Å². The summed E-state index contributed by atoms with van der Waals surface area (Å²) in [6.45, 7) is 6.60. The molecular formula is C14H18N2O2. The van der Waals surface area contributed by atoms with Crippen LogP contribution < -0.4 is 9.64 Å². The first kappa shape index (κ1) is 12.5. The molecule has 0 saturated carbocycles. The van der Waals surface area contributed by atoms with Gasteiger partial charge in [-0.3, -0.25) is 4.79 Å². The van der Waals surface area contributed by atoms with E-state index in [1.54, 1.807) is 7.11 Å². The van der Waals surface area contributed by atoms with Crippen LogP contribution in [0.4, 0.5) is 5.69 Å². The maximum absolute atomic E-state index is 11.5. The van der Waals surface area contributed by atoms with Crippen LogP contribution in [0.15, 0.2) is 36.9 Å². The van der Waals surface area contributed by atoms with Crippen LogP contribution in [0.2, 0.25) is 0 Å². The van der Waals surface area contributed by atoms with Crippen molar-refractivity contribution in [3.05, 3.63) is 36.9 Å². The number of carbonyl (C=O) groups excluding carboxylic acids is 1. The summed E-state index contributed by atoms with van der Waals surface area (Å²) < 4.78 is 5.36. The molecular weight excluding hydrogens is 228 g/mol. The summed E-state index contributed by atoms with van der Waals surface area (Å²) in [5.74, 6) is 0.885. The maximum atomic E-state index is 11.5. The quantitative estimate of drug-likeness (QED) is 0.758. The summed E-state index contributed by atoms with van der Waals surface area (Å²) >= 11 is 0. The maximum Gasteiger partial charge on any atom is 0.246 e. The number of para-hydroxylation sites is 2. The number of carbonyl (C=O) groups is 1. The lowest BCUT2D eigenvalue weighted by Gasteiger charge is -2.36. The topological polar surface area (TPSA) is 32.8 Å². The number of benzene rings is 1. The summed E-state index contributed by atoms with van der Waals surface area (Å²) in [4.78, 5) is 15.6. The van der Waals surface area contributed by atoms with Crippen LogP contribution in [0.3, 0.4) is 0 Å². The number of amides is 1. The van der Waals surface area contributed by atoms with Gasteiger partial charge in [-0.05, 0) is 18.2 Å². The third kappa shape index (κ3) is 2.47. The van der Waals surface area contributed by atoms with Crippen molar-refractivity contribution in [3.8, 4) is 5.75 Å². The zero-order chi connectivity index (χ0) is 13.0. The van der Waals surface area contributed by atoms with E-state index in [1.807, 2.05) is 29.2 Å². The zero-order valence-electron chi connectivity index (χ0n) is 10.6. The van der Waals surface area contributed by atoms with Gasteiger partial charge in [0.05, 0.1) is 12.8 Å². The van der Waals surface area contributed by atoms with Gasteiger partial charge in [-0.1, -0.05) is 18.7 Å². The molecule has 1 amide bonds. The molecule has 0 spiro atoms. The molecule has 1 aliphatic heterocycles. The van der Waals surface area contributed by atoms with Gasteiger partial charge in [0, 0.05) is 26.2 Å². The van der Waals surface area contributed by atoms with Crippen molar-refractivity contribution < 1.29 is 9.53 Å². The third-order valence-electron chi connectivity index (χ3n) is 3.19.